The van der Waals surface area contributed by atoms with Crippen LogP contribution in [0.15, 0.2) is 17.8 Å². The van der Waals surface area contributed by atoms with Crippen molar-refractivity contribution in [2.45, 2.75) is 13.5 Å². The lowest BCUT2D eigenvalue weighted by atomic mass is 10.2. The van der Waals surface area contributed by atoms with Gasteiger partial charge < -0.3 is 0 Å². The molecule has 1 N–H and O–H groups in total. The molecular formula is C8H9ClN5O+. The van der Waals surface area contributed by atoms with Crippen LogP contribution in [0.2, 0.25) is 5.15 Å². The van der Waals surface area contributed by atoms with Crippen molar-refractivity contribution in [1.29, 1.82) is 5.53 Å². The molecule has 1 rings (SSSR count). The van der Waals surface area contributed by atoms with Gasteiger partial charge in [0.15, 0.2) is 0 Å². The molecule has 0 atom stereocenters. The van der Waals surface area contributed by atoms with Crippen molar-refractivity contribution in [1.82, 2.24) is 14.7 Å². The number of halogens is 1. The number of aromatic nitrogens is 2. The molecule has 1 aromatic rings. The van der Waals surface area contributed by atoms with Crippen molar-refractivity contribution in [3.05, 3.63) is 29.1 Å². The number of hydrogen-bond acceptors (Lipinski definition) is 3. The molecular weight excluding hydrogens is 218 g/mol. The standard InChI is InChI=1S/C8H9ClN5O/c1-3-4-14-7(9)6(5(2)12-14)8(15)11-13-10/h3,10H,1,4H2,2H3/q+1. The molecule has 0 saturated heterocycles. The van der Waals surface area contributed by atoms with Crippen LogP contribution in [-0.2, 0) is 6.54 Å². The Morgan fingerprint density at radius 3 is 3.07 bits per heavy atom. The van der Waals surface area contributed by atoms with Gasteiger partial charge in [0.05, 0.1) is 12.2 Å². The van der Waals surface area contributed by atoms with E-state index in [1.807, 2.05) is 0 Å². The van der Waals surface area contributed by atoms with Gasteiger partial charge in [-0.3, -0.25) is 4.79 Å². The van der Waals surface area contributed by atoms with E-state index in [9.17, 15) is 4.79 Å². The van der Waals surface area contributed by atoms with Crippen LogP contribution in [-0.4, -0.2) is 15.7 Å². The fourth-order valence-corrected chi connectivity index (χ4v) is 1.46. The first-order valence-corrected chi connectivity index (χ1v) is 4.45. The van der Waals surface area contributed by atoms with E-state index >= 15 is 0 Å². The average molecular weight is 227 g/mol. The first-order chi connectivity index (χ1) is 7.11. The molecule has 0 aromatic carbocycles. The van der Waals surface area contributed by atoms with E-state index in [-0.39, 0.29) is 10.7 Å². The normalized spacial score (nSPS) is 9.47. The van der Waals surface area contributed by atoms with Crippen LogP contribution in [0.25, 0.3) is 0 Å². The highest BCUT2D eigenvalue weighted by atomic mass is 35.5. The van der Waals surface area contributed by atoms with Gasteiger partial charge >= 0.3 is 5.91 Å². The Labute approximate surface area is 90.8 Å². The van der Waals surface area contributed by atoms with E-state index in [0.717, 1.165) is 0 Å². The fourth-order valence-electron chi connectivity index (χ4n) is 1.13. The topological polar surface area (TPSA) is 85.2 Å². The van der Waals surface area contributed by atoms with Crippen molar-refractivity contribution in [3.63, 3.8) is 0 Å². The predicted molar refractivity (Wildman–Crippen MR) is 53.8 cm³/mol. The van der Waals surface area contributed by atoms with Crippen LogP contribution in [0.3, 0.4) is 0 Å². The summed E-state index contributed by atoms with van der Waals surface area (Å²) in [5, 5.41) is 7.30. The Hall–Kier alpha value is -1.78. The van der Waals surface area contributed by atoms with Crippen molar-refractivity contribution >= 4 is 17.5 Å². The first-order valence-electron chi connectivity index (χ1n) is 4.07. The third kappa shape index (κ3) is 2.18. The van der Waals surface area contributed by atoms with Gasteiger partial charge in [0.25, 0.3) is 0 Å². The molecule has 1 heterocycles. The number of rotatable bonds is 3. The maximum Gasteiger partial charge on any atom is 0.365 e. The number of aryl methyl sites for hydroxylation is 1. The lowest BCUT2D eigenvalue weighted by Gasteiger charge is -1.95. The van der Waals surface area contributed by atoms with E-state index in [2.05, 4.69) is 21.7 Å². The molecule has 0 aliphatic carbocycles. The summed E-state index contributed by atoms with van der Waals surface area (Å²) in [6.45, 7) is 5.59. The maximum absolute atomic E-state index is 11.4. The summed E-state index contributed by atoms with van der Waals surface area (Å²) < 4.78 is 1.43. The molecule has 7 heteroatoms. The molecule has 15 heavy (non-hydrogen) atoms. The zero-order chi connectivity index (χ0) is 11.4. The molecule has 0 bridgehead atoms. The second-order valence-electron chi connectivity index (χ2n) is 2.73. The number of amides is 1. The van der Waals surface area contributed by atoms with Gasteiger partial charge in [0, 0.05) is 0 Å². The summed E-state index contributed by atoms with van der Waals surface area (Å²) in [6, 6.07) is 0. The minimum absolute atomic E-state index is 0.175. The highest BCUT2D eigenvalue weighted by Gasteiger charge is 2.22. The summed E-state index contributed by atoms with van der Waals surface area (Å²) >= 11 is 5.91. The van der Waals surface area contributed by atoms with Crippen molar-refractivity contribution in [3.8, 4) is 0 Å². The maximum atomic E-state index is 11.4. The largest absolute Gasteiger partial charge is 0.365 e. The van der Waals surface area contributed by atoms with Crippen molar-refractivity contribution < 1.29 is 4.79 Å². The molecule has 0 aliphatic rings. The first kappa shape index (κ1) is 11.3. The summed E-state index contributed by atoms with van der Waals surface area (Å²) in [4.78, 5) is 14.0. The Bertz CT molecular complexity index is 458. The Balaban J connectivity index is 3.23. The highest BCUT2D eigenvalue weighted by molar-refractivity contribution is 6.33. The minimum Gasteiger partial charge on any atom is -0.259 e. The van der Waals surface area contributed by atoms with E-state index in [1.54, 1.807) is 13.0 Å². The molecule has 0 saturated carbocycles. The van der Waals surface area contributed by atoms with Gasteiger partial charge in [-0.05, 0) is 6.92 Å². The van der Waals surface area contributed by atoms with Crippen molar-refractivity contribution in [2.24, 2.45) is 5.11 Å². The summed E-state index contributed by atoms with van der Waals surface area (Å²) in [6.07, 6.45) is 1.61. The van der Waals surface area contributed by atoms with Crippen LogP contribution < -0.4 is 4.91 Å². The lowest BCUT2D eigenvalue weighted by Crippen LogP contribution is -1.99. The van der Waals surface area contributed by atoms with Gasteiger partial charge in [-0.25, -0.2) is 4.68 Å². The highest BCUT2D eigenvalue weighted by Crippen LogP contribution is 2.20. The monoisotopic (exact) mass is 226 g/mol. The Morgan fingerprint density at radius 1 is 1.87 bits per heavy atom. The Kier molecular flexibility index (Phi) is 3.49. The molecule has 0 radical (unpaired) electrons. The van der Waals surface area contributed by atoms with Gasteiger partial charge in [-0.1, -0.05) is 17.7 Å². The fraction of sp³-hybridized carbons (Fsp3) is 0.250. The molecule has 0 unspecified atom stereocenters. The zero-order valence-electron chi connectivity index (χ0n) is 8.07. The quantitative estimate of drug-likeness (QED) is 0.483. The smallest absolute Gasteiger partial charge is 0.259 e. The zero-order valence-corrected chi connectivity index (χ0v) is 8.82. The van der Waals surface area contributed by atoms with E-state index in [1.165, 1.54) is 4.68 Å². The number of nitrogens with one attached hydrogen (secondary N) is 1. The van der Waals surface area contributed by atoms with Crippen LogP contribution in [0.5, 0.6) is 0 Å². The predicted octanol–water partition coefficient (Wildman–Crippen LogP) is 1.72. The molecule has 1 aromatic heterocycles. The number of carbonyl (C=O) groups excluding carboxylic acids is 1. The van der Waals surface area contributed by atoms with Crippen LogP contribution in [0.4, 0.5) is 0 Å². The number of nitrogens with zero attached hydrogens (tertiary/aromatic N) is 4. The third-order valence-electron chi connectivity index (χ3n) is 1.72. The second kappa shape index (κ2) is 4.63. The van der Waals surface area contributed by atoms with Crippen molar-refractivity contribution in [2.75, 3.05) is 0 Å². The molecule has 1 amide bonds. The van der Waals surface area contributed by atoms with Gasteiger partial charge in [-0.15, -0.1) is 6.58 Å². The summed E-state index contributed by atoms with van der Waals surface area (Å²) in [7, 11) is 0. The number of carbonyl (C=O) groups is 1. The third-order valence-corrected chi connectivity index (χ3v) is 2.11. The second-order valence-corrected chi connectivity index (χ2v) is 3.09. The molecule has 6 nitrogen and oxygen atoms in total. The van der Waals surface area contributed by atoms with E-state index in [4.69, 9.17) is 17.1 Å². The number of allylic oxidation sites excluding steroid dienone is 1. The summed E-state index contributed by atoms with van der Waals surface area (Å²) in [5.41, 5.74) is 7.10. The van der Waals surface area contributed by atoms with Gasteiger partial charge in [-0.2, -0.15) is 5.10 Å². The molecule has 0 fully saturated rings. The average Bonchev–Trinajstić information content (AvgIpc) is 2.43. The minimum atomic E-state index is -0.664. The van der Waals surface area contributed by atoms with Gasteiger partial charge in [0.1, 0.15) is 16.2 Å². The van der Waals surface area contributed by atoms with E-state index in [0.29, 0.717) is 12.2 Å². The SMILES string of the molecule is C=CCn1nc(C)c(C(=O)N=[N+]=N)c1Cl. The van der Waals surface area contributed by atoms with Crippen LogP contribution in [0, 0.1) is 12.5 Å². The number of hydrogen-bond donors (Lipinski definition) is 1. The lowest BCUT2D eigenvalue weighted by molar-refractivity contribution is 0.0991. The van der Waals surface area contributed by atoms with E-state index < -0.39 is 5.91 Å². The molecule has 78 valence electrons. The molecule has 0 aliphatic heterocycles. The Morgan fingerprint density at radius 2 is 2.53 bits per heavy atom. The van der Waals surface area contributed by atoms with Crippen LogP contribution in [0.1, 0.15) is 16.1 Å². The van der Waals surface area contributed by atoms with Gasteiger partial charge in [0.2, 0.25) is 10.0 Å². The molecule has 0 spiro atoms. The van der Waals surface area contributed by atoms with Crippen LogP contribution >= 0.6 is 11.6 Å². The summed E-state index contributed by atoms with van der Waals surface area (Å²) in [5.74, 6) is -0.664.